The van der Waals surface area contributed by atoms with Gasteiger partial charge in [-0.2, -0.15) is 26.3 Å². The lowest BCUT2D eigenvalue weighted by Crippen LogP contribution is -2.59. The third-order valence-electron chi connectivity index (χ3n) is 8.91. The summed E-state index contributed by atoms with van der Waals surface area (Å²) in [6.07, 6.45) is -11.2. The Morgan fingerprint density at radius 1 is 1.02 bits per heavy atom. The van der Waals surface area contributed by atoms with Gasteiger partial charge in [-0.05, 0) is 70.4 Å². The monoisotopic (exact) mass is 658 g/mol. The van der Waals surface area contributed by atoms with E-state index in [-0.39, 0.29) is 48.2 Å². The Balaban J connectivity index is 1.46. The van der Waals surface area contributed by atoms with Crippen LogP contribution >= 0.6 is 0 Å². The fourth-order valence-corrected chi connectivity index (χ4v) is 6.46. The predicted octanol–water partition coefficient (Wildman–Crippen LogP) is 5.94. The van der Waals surface area contributed by atoms with Crippen LogP contribution in [-0.2, 0) is 22.4 Å². The number of ether oxygens (including phenoxy) is 1. The van der Waals surface area contributed by atoms with Gasteiger partial charge in [0, 0.05) is 49.6 Å². The van der Waals surface area contributed by atoms with Crippen molar-refractivity contribution in [1.29, 1.82) is 0 Å². The summed E-state index contributed by atoms with van der Waals surface area (Å²) in [5.74, 6) is 0.729. The first-order chi connectivity index (χ1) is 21.3. The third kappa shape index (κ3) is 7.11. The van der Waals surface area contributed by atoms with Crippen molar-refractivity contribution >= 4 is 11.6 Å². The lowest BCUT2D eigenvalue weighted by atomic mass is 9.89. The number of alkyl halides is 6. The molecule has 13 heteroatoms. The molecular weight excluding hydrogens is 614 g/mol. The van der Waals surface area contributed by atoms with Crippen molar-refractivity contribution in [3.63, 3.8) is 0 Å². The van der Waals surface area contributed by atoms with Gasteiger partial charge in [-0.1, -0.05) is 37.6 Å². The summed E-state index contributed by atoms with van der Waals surface area (Å²) < 4.78 is 87.3. The molecule has 2 fully saturated rings. The van der Waals surface area contributed by atoms with Crippen LogP contribution in [0.3, 0.4) is 0 Å². The van der Waals surface area contributed by atoms with Gasteiger partial charge in [0.1, 0.15) is 5.75 Å². The first kappa shape index (κ1) is 35.8. The van der Waals surface area contributed by atoms with Gasteiger partial charge in [-0.3, -0.25) is 15.0 Å². The molecule has 2 aromatic rings. The molecule has 4 rings (SSSR count). The highest BCUT2D eigenvalue weighted by molar-refractivity contribution is 5.79. The fraction of sp³-hybridized carbons (Fsp3) is 0.606. The number of amides is 1. The lowest BCUT2D eigenvalue weighted by molar-refractivity contribution is -0.376. The largest absolute Gasteiger partial charge is 0.491 e. The lowest BCUT2D eigenvalue weighted by Gasteiger charge is -2.46. The number of rotatable bonds is 9. The third-order valence-corrected chi connectivity index (χ3v) is 8.91. The summed E-state index contributed by atoms with van der Waals surface area (Å²) in [5.41, 5.74) is -4.77. The summed E-state index contributed by atoms with van der Waals surface area (Å²) in [7, 11) is 0. The second-order valence-electron chi connectivity index (χ2n) is 13.0. The number of halogens is 6. The second-order valence-corrected chi connectivity index (χ2v) is 13.0. The molecule has 2 N–H and O–H groups in total. The van der Waals surface area contributed by atoms with E-state index in [1.807, 2.05) is 61.8 Å². The Kier molecular flexibility index (Phi) is 10.3. The summed E-state index contributed by atoms with van der Waals surface area (Å²) in [5, 5.41) is 13.5. The van der Waals surface area contributed by atoms with Crippen LogP contribution in [0.1, 0.15) is 64.7 Å². The first-order valence-corrected chi connectivity index (χ1v) is 15.6. The van der Waals surface area contributed by atoms with E-state index in [2.05, 4.69) is 12.2 Å². The average Bonchev–Trinajstić information content (AvgIpc) is 3.33. The highest BCUT2D eigenvalue weighted by Gasteiger charge is 2.71. The molecule has 2 aliphatic heterocycles. The number of anilines is 1. The molecule has 0 aliphatic carbocycles. The van der Waals surface area contributed by atoms with Crippen molar-refractivity contribution in [3.05, 3.63) is 59.2 Å². The van der Waals surface area contributed by atoms with Crippen molar-refractivity contribution in [2.24, 2.45) is 0 Å². The smallest absolute Gasteiger partial charge is 0.430 e. The molecule has 3 atom stereocenters. The van der Waals surface area contributed by atoms with Crippen LogP contribution in [0.2, 0.25) is 0 Å². The molecule has 0 saturated carbocycles. The van der Waals surface area contributed by atoms with Crippen LogP contribution in [0.15, 0.2) is 42.5 Å². The van der Waals surface area contributed by atoms with E-state index in [0.717, 1.165) is 17.4 Å². The zero-order chi connectivity index (χ0) is 34.2. The molecule has 46 heavy (non-hydrogen) atoms. The topological polar surface area (TPSA) is 68.3 Å². The number of hydrogen-bond acceptors (Lipinski definition) is 6. The number of aliphatic hydroxyl groups is 1. The molecule has 0 aromatic heterocycles. The number of carbonyl (C=O) groups is 1. The molecular formula is C33H44F6N4O3. The Morgan fingerprint density at radius 2 is 1.65 bits per heavy atom. The predicted molar refractivity (Wildman–Crippen MR) is 164 cm³/mol. The zero-order valence-electron chi connectivity index (χ0n) is 27.1. The minimum Gasteiger partial charge on any atom is -0.491 e. The minimum atomic E-state index is -5.96. The van der Waals surface area contributed by atoms with Crippen molar-refractivity contribution in [2.45, 2.75) is 96.1 Å². The van der Waals surface area contributed by atoms with Gasteiger partial charge in [0.05, 0.1) is 18.2 Å². The molecule has 2 aliphatic rings. The zero-order valence-corrected chi connectivity index (χ0v) is 27.1. The van der Waals surface area contributed by atoms with Gasteiger partial charge in [0.2, 0.25) is 5.91 Å². The van der Waals surface area contributed by atoms with Gasteiger partial charge in [0.25, 0.3) is 5.60 Å². The van der Waals surface area contributed by atoms with E-state index >= 15 is 0 Å². The number of hydrogen-bond donors (Lipinski definition) is 2. The molecule has 2 heterocycles. The van der Waals surface area contributed by atoms with Crippen LogP contribution in [0.5, 0.6) is 5.75 Å². The van der Waals surface area contributed by atoms with Gasteiger partial charge in [-0.25, -0.2) is 0 Å². The molecule has 0 bridgehead atoms. The standard InChI is InChI=1S/C33H44F6N4O3/c1-7-8-24-15-26(31(45,32(34,35)36)33(37,38)39)11-14-28(24)42-16-23(5)43(17-22(42)4)29(44)18-41-19-30(6,40-20-41)25-9-12-27(13-10-25)46-21(2)3/h9-15,21-23,40,45H,7-8,16-20H2,1-6H3/t22?,23-,30-/m0/s1. The minimum absolute atomic E-state index is 0.0599. The summed E-state index contributed by atoms with van der Waals surface area (Å²) >= 11 is 0. The SMILES string of the molecule is CCCc1cc(C(O)(C(F)(F)F)C(F)(F)F)ccc1N1C[C@H](C)N(C(=O)CN2CN[C@](C)(c3ccc(OC(C)C)cc3)C2)CC1C. The number of carbonyl (C=O) groups excluding carboxylic acids is 1. The van der Waals surface area contributed by atoms with E-state index in [1.54, 1.807) is 11.8 Å². The molecule has 0 spiro atoms. The number of nitrogens with zero attached hydrogens (tertiary/aromatic N) is 3. The maximum atomic E-state index is 13.6. The molecule has 1 unspecified atom stereocenters. The normalized spacial score (nSPS) is 23.3. The Labute approximate surface area is 266 Å². The quantitative estimate of drug-likeness (QED) is 0.325. The van der Waals surface area contributed by atoms with E-state index in [9.17, 15) is 36.2 Å². The highest BCUT2D eigenvalue weighted by atomic mass is 19.4. The number of aryl methyl sites for hydroxylation is 1. The van der Waals surface area contributed by atoms with Crippen molar-refractivity contribution < 1.29 is 41.0 Å². The molecule has 7 nitrogen and oxygen atoms in total. The molecule has 256 valence electrons. The van der Waals surface area contributed by atoms with Crippen LogP contribution in [0.4, 0.5) is 32.0 Å². The van der Waals surface area contributed by atoms with Gasteiger partial charge >= 0.3 is 12.4 Å². The summed E-state index contributed by atoms with van der Waals surface area (Å²) in [6, 6.07) is 10.1. The Bertz CT molecular complexity index is 1350. The molecule has 0 radical (unpaired) electrons. The van der Waals surface area contributed by atoms with Crippen LogP contribution < -0.4 is 15.0 Å². The van der Waals surface area contributed by atoms with Crippen molar-refractivity contribution in [1.82, 2.24) is 15.1 Å². The molecule has 2 saturated heterocycles. The van der Waals surface area contributed by atoms with E-state index in [0.29, 0.717) is 44.5 Å². The number of nitrogens with one attached hydrogen (secondary N) is 1. The van der Waals surface area contributed by atoms with Crippen LogP contribution in [0.25, 0.3) is 0 Å². The van der Waals surface area contributed by atoms with E-state index < -0.39 is 23.5 Å². The van der Waals surface area contributed by atoms with Gasteiger partial charge in [-0.15, -0.1) is 0 Å². The maximum absolute atomic E-state index is 13.6. The molecule has 1 amide bonds. The van der Waals surface area contributed by atoms with Crippen molar-refractivity contribution in [2.75, 3.05) is 37.7 Å². The Morgan fingerprint density at radius 3 is 2.22 bits per heavy atom. The molecule has 2 aromatic carbocycles. The summed E-state index contributed by atoms with van der Waals surface area (Å²) in [4.78, 5) is 19.3. The second kappa shape index (κ2) is 13.2. The van der Waals surface area contributed by atoms with E-state index in [4.69, 9.17) is 4.74 Å². The van der Waals surface area contributed by atoms with Gasteiger partial charge in [0.15, 0.2) is 0 Å². The fourth-order valence-electron chi connectivity index (χ4n) is 6.46. The highest BCUT2D eigenvalue weighted by Crippen LogP contribution is 2.50. The number of benzene rings is 2. The van der Waals surface area contributed by atoms with Crippen LogP contribution in [0, 0.1) is 0 Å². The maximum Gasteiger partial charge on any atom is 0.430 e. The summed E-state index contributed by atoms with van der Waals surface area (Å²) in [6.45, 7) is 13.5. The first-order valence-electron chi connectivity index (χ1n) is 15.6. The van der Waals surface area contributed by atoms with Gasteiger partial charge < -0.3 is 19.6 Å². The van der Waals surface area contributed by atoms with E-state index in [1.165, 1.54) is 6.07 Å². The number of piperazine rings is 1. The van der Waals surface area contributed by atoms with Crippen LogP contribution in [-0.4, -0.2) is 84.2 Å². The average molecular weight is 659 g/mol. The Hall–Kier alpha value is -3.03. The van der Waals surface area contributed by atoms with Crippen molar-refractivity contribution in [3.8, 4) is 5.75 Å².